The molecule has 0 bridgehead atoms. The number of nitrogens with one attached hydrogen (secondary N) is 1. The van der Waals surface area contributed by atoms with E-state index in [0.29, 0.717) is 17.7 Å². The third-order valence-electron chi connectivity index (χ3n) is 3.78. The Morgan fingerprint density at radius 1 is 1.13 bits per heavy atom. The van der Waals surface area contributed by atoms with Crippen molar-refractivity contribution in [1.82, 2.24) is 5.32 Å². The van der Waals surface area contributed by atoms with Gasteiger partial charge in [0.2, 0.25) is 0 Å². The summed E-state index contributed by atoms with van der Waals surface area (Å²) in [5.74, 6) is 0.504. The van der Waals surface area contributed by atoms with Gasteiger partial charge in [0.15, 0.2) is 0 Å². The minimum Gasteiger partial charge on any atom is -0.497 e. The lowest BCUT2D eigenvalue weighted by Crippen LogP contribution is -2.41. The summed E-state index contributed by atoms with van der Waals surface area (Å²) in [4.78, 5) is 12.1. The highest BCUT2D eigenvalue weighted by molar-refractivity contribution is 5.94. The Morgan fingerprint density at radius 2 is 1.78 bits per heavy atom. The van der Waals surface area contributed by atoms with Crippen LogP contribution < -0.4 is 10.1 Å². The molecule has 0 aliphatic heterocycles. The molecule has 2 rings (SSSR count). The van der Waals surface area contributed by atoms with Gasteiger partial charge in [-0.2, -0.15) is 0 Å². The van der Waals surface area contributed by atoms with E-state index < -0.39 is 5.60 Å². The summed E-state index contributed by atoms with van der Waals surface area (Å²) < 4.78 is 5.07. The second kappa shape index (κ2) is 7.79. The number of ether oxygens (including phenoxy) is 1. The largest absolute Gasteiger partial charge is 0.497 e. The molecule has 0 unspecified atom stereocenters. The van der Waals surface area contributed by atoms with Crippen molar-refractivity contribution in [2.45, 2.75) is 25.4 Å². The molecule has 1 atom stereocenters. The smallest absolute Gasteiger partial charge is 0.251 e. The number of carbonyl (C=O) groups is 1. The maximum absolute atomic E-state index is 12.1. The van der Waals surface area contributed by atoms with Crippen LogP contribution in [0, 0.1) is 0 Å². The van der Waals surface area contributed by atoms with Crippen molar-refractivity contribution in [2.24, 2.45) is 0 Å². The van der Waals surface area contributed by atoms with Gasteiger partial charge in [0.25, 0.3) is 5.91 Å². The normalized spacial score (nSPS) is 13.2. The van der Waals surface area contributed by atoms with E-state index in [1.807, 2.05) is 30.3 Å². The SMILES string of the molecule is COc1ccc(C(=O)NC[C@](C)(O)CCc2ccccc2)cc1. The maximum Gasteiger partial charge on any atom is 0.251 e. The highest BCUT2D eigenvalue weighted by Crippen LogP contribution is 2.14. The first-order valence-corrected chi connectivity index (χ1v) is 7.69. The molecular weight excluding hydrogens is 290 g/mol. The van der Waals surface area contributed by atoms with E-state index in [1.54, 1.807) is 38.3 Å². The molecule has 0 heterocycles. The molecule has 4 heteroatoms. The number of hydrogen-bond donors (Lipinski definition) is 2. The van der Waals surface area contributed by atoms with E-state index in [4.69, 9.17) is 4.74 Å². The quantitative estimate of drug-likeness (QED) is 0.826. The number of carbonyl (C=O) groups excluding carboxylic acids is 1. The van der Waals surface area contributed by atoms with E-state index in [0.717, 1.165) is 6.42 Å². The zero-order chi connectivity index (χ0) is 16.7. The van der Waals surface area contributed by atoms with Crippen molar-refractivity contribution in [3.63, 3.8) is 0 Å². The van der Waals surface area contributed by atoms with Crippen molar-refractivity contribution in [3.8, 4) is 5.75 Å². The lowest BCUT2D eigenvalue weighted by molar-refractivity contribution is 0.0478. The molecule has 0 aliphatic rings. The molecule has 23 heavy (non-hydrogen) atoms. The number of aliphatic hydroxyl groups is 1. The summed E-state index contributed by atoms with van der Waals surface area (Å²) in [6, 6.07) is 16.9. The number of hydrogen-bond acceptors (Lipinski definition) is 3. The van der Waals surface area contributed by atoms with Crippen LogP contribution in [0.25, 0.3) is 0 Å². The Morgan fingerprint density at radius 3 is 2.39 bits per heavy atom. The van der Waals surface area contributed by atoms with Crippen LogP contribution in [-0.4, -0.2) is 30.3 Å². The molecule has 0 aliphatic carbocycles. The van der Waals surface area contributed by atoms with Crippen LogP contribution >= 0.6 is 0 Å². The molecule has 122 valence electrons. The zero-order valence-electron chi connectivity index (χ0n) is 13.6. The fourth-order valence-corrected chi connectivity index (χ4v) is 2.26. The molecule has 0 radical (unpaired) electrons. The highest BCUT2D eigenvalue weighted by Gasteiger charge is 2.21. The monoisotopic (exact) mass is 313 g/mol. The first-order valence-electron chi connectivity index (χ1n) is 7.69. The zero-order valence-corrected chi connectivity index (χ0v) is 13.6. The lowest BCUT2D eigenvalue weighted by atomic mass is 9.96. The molecule has 2 aromatic carbocycles. The van der Waals surface area contributed by atoms with Crippen molar-refractivity contribution in [3.05, 3.63) is 65.7 Å². The van der Waals surface area contributed by atoms with Crippen molar-refractivity contribution < 1.29 is 14.6 Å². The predicted octanol–water partition coefficient (Wildman–Crippen LogP) is 2.81. The van der Waals surface area contributed by atoms with E-state index in [2.05, 4.69) is 5.32 Å². The highest BCUT2D eigenvalue weighted by atomic mass is 16.5. The topological polar surface area (TPSA) is 58.6 Å². The molecule has 0 spiro atoms. The molecule has 0 saturated carbocycles. The van der Waals surface area contributed by atoms with Crippen LogP contribution in [0.4, 0.5) is 0 Å². The predicted molar refractivity (Wildman–Crippen MR) is 90.7 cm³/mol. The van der Waals surface area contributed by atoms with Gasteiger partial charge in [0, 0.05) is 12.1 Å². The maximum atomic E-state index is 12.1. The van der Waals surface area contributed by atoms with Gasteiger partial charge in [-0.1, -0.05) is 30.3 Å². The Bertz CT molecular complexity index is 621. The van der Waals surface area contributed by atoms with Crippen LogP contribution in [0.3, 0.4) is 0 Å². The van der Waals surface area contributed by atoms with Gasteiger partial charge in [-0.25, -0.2) is 0 Å². The Kier molecular flexibility index (Phi) is 5.77. The van der Waals surface area contributed by atoms with Gasteiger partial charge < -0.3 is 15.2 Å². The number of amides is 1. The van der Waals surface area contributed by atoms with Gasteiger partial charge in [0.1, 0.15) is 5.75 Å². The third-order valence-corrected chi connectivity index (χ3v) is 3.78. The van der Waals surface area contributed by atoms with Gasteiger partial charge in [0.05, 0.1) is 12.7 Å². The molecule has 0 aromatic heterocycles. The Balaban J connectivity index is 1.84. The third kappa shape index (κ3) is 5.42. The molecule has 0 saturated heterocycles. The summed E-state index contributed by atoms with van der Waals surface area (Å²) in [6.45, 7) is 1.95. The van der Waals surface area contributed by atoms with Crippen LogP contribution in [0.1, 0.15) is 29.3 Å². The van der Waals surface area contributed by atoms with Crippen molar-refractivity contribution in [1.29, 1.82) is 0 Å². The van der Waals surface area contributed by atoms with Gasteiger partial charge >= 0.3 is 0 Å². The standard InChI is InChI=1S/C19H23NO3/c1-19(22,13-12-15-6-4-3-5-7-15)14-20-18(21)16-8-10-17(23-2)11-9-16/h3-11,22H,12-14H2,1-2H3,(H,20,21)/t19-/m1/s1. The minimum atomic E-state index is -0.946. The second-order valence-corrected chi connectivity index (χ2v) is 5.89. The van der Waals surface area contributed by atoms with E-state index in [1.165, 1.54) is 5.56 Å². The Hall–Kier alpha value is -2.33. The summed E-state index contributed by atoms with van der Waals surface area (Å²) in [6.07, 6.45) is 1.35. The average molecular weight is 313 g/mol. The minimum absolute atomic E-state index is 0.201. The fraction of sp³-hybridized carbons (Fsp3) is 0.316. The summed E-state index contributed by atoms with van der Waals surface area (Å²) in [5.41, 5.74) is 0.775. The molecule has 2 N–H and O–H groups in total. The van der Waals surface area contributed by atoms with E-state index in [9.17, 15) is 9.90 Å². The molecule has 1 amide bonds. The van der Waals surface area contributed by atoms with Gasteiger partial charge in [-0.15, -0.1) is 0 Å². The summed E-state index contributed by atoms with van der Waals surface area (Å²) >= 11 is 0. The number of methoxy groups -OCH3 is 1. The van der Waals surface area contributed by atoms with Crippen molar-refractivity contribution in [2.75, 3.05) is 13.7 Å². The molecular formula is C19H23NO3. The first-order chi connectivity index (χ1) is 11.0. The van der Waals surface area contributed by atoms with Crippen LogP contribution in [0.5, 0.6) is 5.75 Å². The summed E-state index contributed by atoms with van der Waals surface area (Å²) in [5, 5.41) is 13.2. The first kappa shape index (κ1) is 17.0. The fourth-order valence-electron chi connectivity index (χ4n) is 2.26. The average Bonchev–Trinajstić information content (AvgIpc) is 2.59. The van der Waals surface area contributed by atoms with Crippen LogP contribution in [0.2, 0.25) is 0 Å². The van der Waals surface area contributed by atoms with Crippen LogP contribution in [-0.2, 0) is 6.42 Å². The van der Waals surface area contributed by atoms with Gasteiger partial charge in [-0.3, -0.25) is 4.79 Å². The van der Waals surface area contributed by atoms with Gasteiger partial charge in [-0.05, 0) is 49.6 Å². The lowest BCUT2D eigenvalue weighted by Gasteiger charge is -2.23. The molecule has 2 aromatic rings. The van der Waals surface area contributed by atoms with E-state index >= 15 is 0 Å². The number of benzene rings is 2. The number of rotatable bonds is 7. The number of aryl methyl sites for hydroxylation is 1. The Labute approximate surface area is 137 Å². The summed E-state index contributed by atoms with van der Waals surface area (Å²) in [7, 11) is 1.58. The molecule has 4 nitrogen and oxygen atoms in total. The molecule has 0 fully saturated rings. The van der Waals surface area contributed by atoms with Crippen LogP contribution in [0.15, 0.2) is 54.6 Å². The van der Waals surface area contributed by atoms with E-state index in [-0.39, 0.29) is 12.5 Å². The second-order valence-electron chi connectivity index (χ2n) is 5.89. The van der Waals surface area contributed by atoms with Crippen molar-refractivity contribution >= 4 is 5.91 Å².